The molecular weight excluding hydrogens is 549 g/mol. The van der Waals surface area contributed by atoms with E-state index in [9.17, 15) is 14.0 Å². The van der Waals surface area contributed by atoms with E-state index in [0.29, 0.717) is 42.3 Å². The van der Waals surface area contributed by atoms with E-state index in [1.165, 1.54) is 17.1 Å². The topological polar surface area (TPSA) is 62.2 Å². The predicted octanol–water partition coefficient (Wildman–Crippen LogP) is 6.50. The van der Waals surface area contributed by atoms with Gasteiger partial charge in [-0.2, -0.15) is 5.10 Å². The minimum atomic E-state index is -0.360. The summed E-state index contributed by atoms with van der Waals surface area (Å²) >= 11 is 7.55. The van der Waals surface area contributed by atoms with Crippen molar-refractivity contribution in [1.82, 2.24) is 9.91 Å². The lowest BCUT2D eigenvalue weighted by molar-refractivity contribution is -0.135. The molecule has 0 fully saturated rings. The molecule has 2 aliphatic heterocycles. The zero-order chi connectivity index (χ0) is 27.6. The molecule has 0 saturated carbocycles. The molecule has 6 nitrogen and oxygen atoms in total. The normalized spacial score (nSPS) is 16.6. The molecule has 0 saturated heterocycles. The van der Waals surface area contributed by atoms with Gasteiger partial charge in [-0.15, -0.1) is 11.3 Å². The third kappa shape index (κ3) is 5.37. The molecule has 6 rings (SSSR count). The van der Waals surface area contributed by atoms with Crippen molar-refractivity contribution in [3.8, 4) is 5.75 Å². The number of thiophene rings is 1. The van der Waals surface area contributed by atoms with Gasteiger partial charge >= 0.3 is 0 Å². The van der Waals surface area contributed by atoms with Gasteiger partial charge in [0.15, 0.2) is 6.61 Å². The van der Waals surface area contributed by atoms with E-state index in [0.717, 1.165) is 27.3 Å². The van der Waals surface area contributed by atoms with Crippen LogP contribution in [0.4, 0.5) is 4.39 Å². The standard InChI is InChI=1S/C31H25ClFN3O3S/c32-22-10-6-20(7-11-22)18-35-15-14-24-25(31(35)38)3-1-4-28(24)39-19-30(37)36-27(21-8-12-23(33)13-9-21)17-26(34-36)29-5-2-16-40-29/h1-13,16,27H,14-15,17-19H2. The molecule has 0 radical (unpaired) electrons. The van der Waals surface area contributed by atoms with Crippen molar-refractivity contribution in [2.24, 2.45) is 5.10 Å². The summed E-state index contributed by atoms with van der Waals surface area (Å²) < 4.78 is 19.6. The van der Waals surface area contributed by atoms with Gasteiger partial charge in [0.25, 0.3) is 11.8 Å². The second kappa shape index (κ2) is 11.2. The number of rotatable bonds is 7. The molecule has 2 amide bonds. The molecule has 4 aromatic rings. The average Bonchev–Trinajstić information content (AvgIpc) is 3.66. The minimum Gasteiger partial charge on any atom is -0.483 e. The molecule has 0 aliphatic carbocycles. The van der Waals surface area contributed by atoms with E-state index >= 15 is 0 Å². The summed E-state index contributed by atoms with van der Waals surface area (Å²) in [6, 6.07) is 22.5. The van der Waals surface area contributed by atoms with E-state index in [1.807, 2.05) is 41.8 Å². The molecule has 1 atom stereocenters. The van der Waals surface area contributed by atoms with Crippen molar-refractivity contribution >= 4 is 40.5 Å². The van der Waals surface area contributed by atoms with Crippen LogP contribution in [0.1, 0.15) is 44.4 Å². The van der Waals surface area contributed by atoms with Crippen molar-refractivity contribution in [2.75, 3.05) is 13.2 Å². The fourth-order valence-corrected chi connectivity index (χ4v) is 5.97. The number of carbonyl (C=O) groups is 2. The van der Waals surface area contributed by atoms with E-state index in [4.69, 9.17) is 16.3 Å². The number of benzene rings is 3. The van der Waals surface area contributed by atoms with Gasteiger partial charge in [0.2, 0.25) is 0 Å². The number of ether oxygens (including phenoxy) is 1. The Morgan fingerprint density at radius 1 is 1.05 bits per heavy atom. The zero-order valence-corrected chi connectivity index (χ0v) is 23.0. The highest BCUT2D eigenvalue weighted by atomic mass is 35.5. The van der Waals surface area contributed by atoms with E-state index in [1.54, 1.807) is 46.6 Å². The van der Waals surface area contributed by atoms with E-state index in [2.05, 4.69) is 5.10 Å². The molecule has 0 spiro atoms. The lowest BCUT2D eigenvalue weighted by atomic mass is 9.97. The summed E-state index contributed by atoms with van der Waals surface area (Å²) in [4.78, 5) is 29.5. The van der Waals surface area contributed by atoms with Gasteiger partial charge in [0.1, 0.15) is 11.6 Å². The highest BCUT2D eigenvalue weighted by Gasteiger charge is 2.34. The van der Waals surface area contributed by atoms with Crippen LogP contribution < -0.4 is 4.74 Å². The van der Waals surface area contributed by atoms with Crippen molar-refractivity contribution in [1.29, 1.82) is 0 Å². The number of carbonyl (C=O) groups excluding carboxylic acids is 2. The van der Waals surface area contributed by atoms with E-state index < -0.39 is 0 Å². The molecule has 3 heterocycles. The number of amides is 2. The maximum Gasteiger partial charge on any atom is 0.281 e. The highest BCUT2D eigenvalue weighted by Crippen LogP contribution is 2.34. The summed E-state index contributed by atoms with van der Waals surface area (Å²) in [5, 5.41) is 8.71. The number of hydrogen-bond acceptors (Lipinski definition) is 5. The predicted molar refractivity (Wildman–Crippen MR) is 153 cm³/mol. The number of nitrogens with zero attached hydrogens (tertiary/aromatic N) is 3. The summed E-state index contributed by atoms with van der Waals surface area (Å²) in [6.07, 6.45) is 1.14. The number of hydrogen-bond donors (Lipinski definition) is 0. The maximum absolute atomic E-state index is 13.6. The molecule has 1 aromatic heterocycles. The lowest BCUT2D eigenvalue weighted by Gasteiger charge is -2.30. The van der Waals surface area contributed by atoms with Crippen molar-refractivity contribution in [3.63, 3.8) is 0 Å². The molecule has 3 aromatic carbocycles. The molecule has 40 heavy (non-hydrogen) atoms. The quantitative estimate of drug-likeness (QED) is 0.254. The first-order chi connectivity index (χ1) is 19.5. The summed E-state index contributed by atoms with van der Waals surface area (Å²) in [5.41, 5.74) is 3.98. The summed E-state index contributed by atoms with van der Waals surface area (Å²) in [5.74, 6) is -0.207. The van der Waals surface area contributed by atoms with Crippen molar-refractivity contribution in [2.45, 2.75) is 25.4 Å². The Hall–Kier alpha value is -4.01. The minimum absolute atomic E-state index is 0.0749. The SMILES string of the molecule is O=C1c2cccc(OCC(=O)N3N=C(c4cccs4)CC3c3ccc(F)cc3)c2CCN1Cc1ccc(Cl)cc1. The Balaban J connectivity index is 1.18. The highest BCUT2D eigenvalue weighted by molar-refractivity contribution is 7.12. The zero-order valence-electron chi connectivity index (χ0n) is 21.4. The van der Waals surface area contributed by atoms with E-state index in [-0.39, 0.29) is 30.3 Å². The summed E-state index contributed by atoms with van der Waals surface area (Å²) in [7, 11) is 0. The van der Waals surface area contributed by atoms with Crippen LogP contribution in [-0.4, -0.2) is 40.6 Å². The molecule has 0 N–H and O–H groups in total. The third-order valence-corrected chi connectivity index (χ3v) is 8.32. The van der Waals surface area contributed by atoms with Crippen LogP contribution in [0.5, 0.6) is 5.75 Å². The van der Waals surface area contributed by atoms with Crippen LogP contribution in [0.2, 0.25) is 5.02 Å². The first kappa shape index (κ1) is 26.2. The second-order valence-electron chi connectivity index (χ2n) is 9.71. The Kier molecular flexibility index (Phi) is 7.36. The number of fused-ring (bicyclic) bond motifs is 1. The fraction of sp³-hybridized carbons (Fsp3) is 0.194. The Bertz CT molecular complexity index is 1570. The van der Waals surface area contributed by atoms with Crippen LogP contribution in [0.15, 0.2) is 89.3 Å². The Morgan fingerprint density at radius 3 is 2.60 bits per heavy atom. The van der Waals surface area contributed by atoms with Crippen molar-refractivity contribution in [3.05, 3.63) is 122 Å². The van der Waals surface area contributed by atoms with Gasteiger partial charge in [-0.25, -0.2) is 9.40 Å². The molecule has 2 aliphatic rings. The lowest BCUT2D eigenvalue weighted by Crippen LogP contribution is -2.37. The fourth-order valence-electron chi connectivity index (χ4n) is 5.12. The van der Waals surface area contributed by atoms with Crippen molar-refractivity contribution < 1.29 is 18.7 Å². The molecular formula is C31H25ClFN3O3S. The van der Waals surface area contributed by atoms with Crippen LogP contribution in [0, 0.1) is 5.82 Å². The molecule has 1 unspecified atom stereocenters. The molecule has 202 valence electrons. The molecule has 9 heteroatoms. The van der Waals surface area contributed by atoms with Crippen LogP contribution >= 0.6 is 22.9 Å². The first-order valence-electron chi connectivity index (χ1n) is 12.9. The van der Waals surface area contributed by atoms with Gasteiger partial charge in [-0.05, 0) is 65.4 Å². The van der Waals surface area contributed by atoms with Crippen LogP contribution in [0.25, 0.3) is 0 Å². The maximum atomic E-state index is 13.6. The number of halogens is 2. The largest absolute Gasteiger partial charge is 0.483 e. The Morgan fingerprint density at radius 2 is 1.85 bits per heavy atom. The van der Waals surface area contributed by atoms with Gasteiger partial charge < -0.3 is 9.64 Å². The van der Waals surface area contributed by atoms with Gasteiger partial charge in [-0.1, -0.05) is 48.0 Å². The smallest absolute Gasteiger partial charge is 0.281 e. The first-order valence-corrected chi connectivity index (χ1v) is 14.2. The average molecular weight is 574 g/mol. The third-order valence-electron chi connectivity index (χ3n) is 7.15. The Labute approximate surface area is 240 Å². The monoisotopic (exact) mass is 573 g/mol. The van der Waals surface area contributed by atoms with Crippen LogP contribution in [0.3, 0.4) is 0 Å². The van der Waals surface area contributed by atoms with Gasteiger partial charge in [0, 0.05) is 35.7 Å². The number of hydrazone groups is 1. The molecule has 0 bridgehead atoms. The van der Waals surface area contributed by atoms with Gasteiger partial charge in [-0.3, -0.25) is 9.59 Å². The van der Waals surface area contributed by atoms with Crippen LogP contribution in [-0.2, 0) is 17.8 Å². The summed E-state index contributed by atoms with van der Waals surface area (Å²) in [6.45, 7) is 0.789. The van der Waals surface area contributed by atoms with Gasteiger partial charge in [0.05, 0.1) is 16.6 Å². The second-order valence-corrected chi connectivity index (χ2v) is 11.1.